The minimum Gasteiger partial charge on any atom is -0.497 e. The van der Waals surface area contributed by atoms with E-state index >= 15 is 0 Å². The number of hydrogen-bond donors (Lipinski definition) is 1. The number of aromatic nitrogens is 1. The monoisotopic (exact) mass is 412 g/mol. The molecule has 0 atom stereocenters. The highest BCUT2D eigenvalue weighted by atomic mass is 16.6. The quantitative estimate of drug-likeness (QED) is 0.469. The molecule has 3 aromatic rings. The summed E-state index contributed by atoms with van der Waals surface area (Å²) in [5, 5.41) is 40.2. The second-order valence-corrected chi connectivity index (χ2v) is 5.91. The summed E-state index contributed by atoms with van der Waals surface area (Å²) >= 11 is 0. The van der Waals surface area contributed by atoms with E-state index in [0.29, 0.717) is 12.1 Å². The Morgan fingerprint density at radius 2 is 1.33 bits per heavy atom. The normalized spacial score (nSPS) is 9.87. The summed E-state index contributed by atoms with van der Waals surface area (Å²) in [6.07, 6.45) is 3.93. The molecule has 0 saturated carbocycles. The number of rotatable bonds is 6. The van der Waals surface area contributed by atoms with Gasteiger partial charge < -0.3 is 5.11 Å². The van der Waals surface area contributed by atoms with Gasteiger partial charge >= 0.3 is 11.4 Å². The maximum Gasteiger partial charge on any atom is 0.324 e. The van der Waals surface area contributed by atoms with Crippen LogP contribution in [0.3, 0.4) is 0 Å². The van der Waals surface area contributed by atoms with E-state index in [1.54, 1.807) is 0 Å². The molecule has 0 aliphatic rings. The van der Waals surface area contributed by atoms with Crippen molar-refractivity contribution in [2.75, 3.05) is 0 Å². The molecular formula is C19H16N4O7. The minimum atomic E-state index is -1.21. The zero-order chi connectivity index (χ0) is 22.1. The largest absolute Gasteiger partial charge is 0.497 e. The Morgan fingerprint density at radius 3 is 1.80 bits per heavy atom. The molecule has 0 aliphatic carbocycles. The molecule has 0 fully saturated rings. The molecule has 3 rings (SSSR count). The smallest absolute Gasteiger partial charge is 0.324 e. The van der Waals surface area contributed by atoms with Gasteiger partial charge in [0.1, 0.15) is 0 Å². The van der Waals surface area contributed by atoms with E-state index in [1.165, 1.54) is 5.56 Å². The van der Waals surface area contributed by atoms with Crippen LogP contribution >= 0.6 is 0 Å². The highest BCUT2D eigenvalue weighted by Gasteiger charge is 2.30. The number of benzene rings is 2. The fourth-order valence-electron chi connectivity index (χ4n) is 2.44. The Labute approximate surface area is 169 Å². The molecule has 11 nitrogen and oxygen atoms in total. The van der Waals surface area contributed by atoms with Crippen molar-refractivity contribution < 1.29 is 19.9 Å². The zero-order valence-electron chi connectivity index (χ0n) is 15.5. The average molecular weight is 412 g/mol. The second kappa shape index (κ2) is 10.2. The minimum absolute atomic E-state index is 0.447. The van der Waals surface area contributed by atoms with Crippen LogP contribution in [0.2, 0.25) is 0 Å². The molecule has 0 bridgehead atoms. The molecule has 0 saturated heterocycles. The van der Waals surface area contributed by atoms with Crippen LogP contribution in [-0.4, -0.2) is 24.9 Å². The Balaban J connectivity index is 0.000000215. The molecule has 0 radical (unpaired) electrons. The van der Waals surface area contributed by atoms with Gasteiger partial charge in [0.2, 0.25) is 0 Å². The number of nitro groups is 3. The molecule has 154 valence electrons. The van der Waals surface area contributed by atoms with Crippen LogP contribution in [0.1, 0.15) is 11.3 Å². The number of aryl methyl sites for hydroxylation is 2. The molecule has 1 N–H and O–H groups in total. The summed E-state index contributed by atoms with van der Waals surface area (Å²) in [5.74, 6) is -1.21. The number of phenolic OH excluding ortho intramolecular Hbond substituents is 1. The molecule has 30 heavy (non-hydrogen) atoms. The van der Waals surface area contributed by atoms with E-state index in [-0.39, 0.29) is 0 Å². The molecule has 0 unspecified atom stereocenters. The fraction of sp³-hybridized carbons (Fsp3) is 0.105. The standard InChI is InChI=1S/C13H13N.C6H3N3O7/c1-2-6-12(7-3-1)9-10-13-8-4-5-11-14-13;10-6-4(8(13)14)1-3(7(11)12)2-5(6)9(15)16/h1-8,11H,9-10H2;1-2,10H. The molecule has 2 aromatic carbocycles. The lowest BCUT2D eigenvalue weighted by molar-refractivity contribution is -0.404. The molecule has 1 aromatic heterocycles. The number of nitrogens with zero attached hydrogens (tertiary/aromatic N) is 4. The maximum absolute atomic E-state index is 10.4. The van der Waals surface area contributed by atoms with Crippen molar-refractivity contribution in [3.05, 3.63) is 108 Å². The van der Waals surface area contributed by atoms with Gasteiger partial charge in [-0.05, 0) is 30.5 Å². The molecule has 0 amide bonds. The van der Waals surface area contributed by atoms with Crippen LogP contribution < -0.4 is 0 Å². The highest BCUT2D eigenvalue weighted by Crippen LogP contribution is 2.38. The first-order valence-electron chi connectivity index (χ1n) is 8.53. The van der Waals surface area contributed by atoms with Gasteiger partial charge in [-0.2, -0.15) is 0 Å². The van der Waals surface area contributed by atoms with Crippen LogP contribution in [0.4, 0.5) is 17.1 Å². The van der Waals surface area contributed by atoms with Crippen molar-refractivity contribution >= 4 is 17.1 Å². The first-order chi connectivity index (χ1) is 14.3. The molecular weight excluding hydrogens is 396 g/mol. The van der Waals surface area contributed by atoms with Gasteiger partial charge in [-0.15, -0.1) is 0 Å². The number of phenols is 1. The predicted molar refractivity (Wildman–Crippen MR) is 106 cm³/mol. The molecule has 1 heterocycles. The van der Waals surface area contributed by atoms with Crippen molar-refractivity contribution in [2.45, 2.75) is 12.8 Å². The van der Waals surface area contributed by atoms with Gasteiger partial charge in [-0.3, -0.25) is 35.3 Å². The Morgan fingerprint density at radius 1 is 0.767 bits per heavy atom. The number of non-ortho nitro benzene ring substituents is 1. The van der Waals surface area contributed by atoms with Crippen LogP contribution in [-0.2, 0) is 12.8 Å². The van der Waals surface area contributed by atoms with E-state index < -0.39 is 37.6 Å². The van der Waals surface area contributed by atoms with Gasteiger partial charge in [-0.25, -0.2) is 0 Å². The summed E-state index contributed by atoms with van der Waals surface area (Å²) in [7, 11) is 0. The third-order valence-corrected chi connectivity index (χ3v) is 3.90. The number of pyridine rings is 1. The summed E-state index contributed by atoms with van der Waals surface area (Å²) < 4.78 is 0. The number of hydrogen-bond acceptors (Lipinski definition) is 8. The van der Waals surface area contributed by atoms with Gasteiger partial charge in [0, 0.05) is 11.9 Å². The van der Waals surface area contributed by atoms with Crippen LogP contribution in [0.15, 0.2) is 66.9 Å². The first-order valence-corrected chi connectivity index (χ1v) is 8.53. The Kier molecular flexibility index (Phi) is 7.46. The van der Waals surface area contributed by atoms with Gasteiger partial charge in [0.15, 0.2) is 0 Å². The van der Waals surface area contributed by atoms with E-state index in [2.05, 4.69) is 35.3 Å². The molecule has 11 heteroatoms. The Bertz CT molecular complexity index is 969. The summed E-state index contributed by atoms with van der Waals surface area (Å²) in [6.45, 7) is 0. The topological polar surface area (TPSA) is 163 Å². The van der Waals surface area contributed by atoms with Gasteiger partial charge in [-0.1, -0.05) is 36.4 Å². The Hall–Kier alpha value is -4.41. The summed E-state index contributed by atoms with van der Waals surface area (Å²) in [4.78, 5) is 32.1. The number of nitro benzene ring substituents is 3. The lowest BCUT2D eigenvalue weighted by Crippen LogP contribution is -1.97. The van der Waals surface area contributed by atoms with E-state index in [9.17, 15) is 30.3 Å². The van der Waals surface area contributed by atoms with E-state index in [4.69, 9.17) is 5.11 Å². The first kappa shape index (κ1) is 21.9. The molecule has 0 aliphatic heterocycles. The third kappa shape index (κ3) is 6.05. The van der Waals surface area contributed by atoms with Gasteiger partial charge in [0.25, 0.3) is 11.4 Å². The van der Waals surface area contributed by atoms with Crippen LogP contribution in [0, 0.1) is 30.3 Å². The van der Waals surface area contributed by atoms with Crippen LogP contribution in [0.5, 0.6) is 5.75 Å². The predicted octanol–water partition coefficient (Wildman–Crippen LogP) is 3.98. The van der Waals surface area contributed by atoms with Crippen molar-refractivity contribution in [3.8, 4) is 5.75 Å². The van der Waals surface area contributed by atoms with E-state index in [1.807, 2.05) is 24.4 Å². The van der Waals surface area contributed by atoms with Gasteiger partial charge in [0.05, 0.1) is 26.9 Å². The van der Waals surface area contributed by atoms with Crippen LogP contribution in [0.25, 0.3) is 0 Å². The SMILES string of the molecule is O=[N+]([O-])c1cc([N+](=O)[O-])c(O)c([N+](=O)[O-])c1.c1ccc(CCc2ccccn2)cc1. The fourth-order valence-corrected chi connectivity index (χ4v) is 2.44. The van der Waals surface area contributed by atoms with E-state index in [0.717, 1.165) is 18.5 Å². The maximum atomic E-state index is 10.4. The summed E-state index contributed by atoms with van der Waals surface area (Å²) in [6, 6.07) is 17.5. The third-order valence-electron chi connectivity index (χ3n) is 3.90. The van der Waals surface area contributed by atoms with Crippen molar-refractivity contribution in [1.29, 1.82) is 0 Å². The highest BCUT2D eigenvalue weighted by molar-refractivity contribution is 5.64. The van der Waals surface area contributed by atoms with Crippen molar-refractivity contribution in [3.63, 3.8) is 0 Å². The van der Waals surface area contributed by atoms with Crippen molar-refractivity contribution in [2.24, 2.45) is 0 Å². The average Bonchev–Trinajstić information content (AvgIpc) is 2.74. The molecule has 0 spiro atoms. The zero-order valence-corrected chi connectivity index (χ0v) is 15.5. The second-order valence-electron chi connectivity index (χ2n) is 5.91. The number of aromatic hydroxyl groups is 1. The lowest BCUT2D eigenvalue weighted by atomic mass is 10.1. The van der Waals surface area contributed by atoms with Crippen molar-refractivity contribution in [1.82, 2.24) is 4.98 Å². The lowest BCUT2D eigenvalue weighted by Gasteiger charge is -2.00. The summed E-state index contributed by atoms with van der Waals surface area (Å²) in [5.41, 5.74) is -0.465.